The SMILES string of the molecule is N#Cc1ccc2c(c1)CNC(Cc1cccnc1)CN2. The zero-order valence-corrected chi connectivity index (χ0v) is 11.1. The monoisotopic (exact) mass is 264 g/mol. The molecule has 1 aromatic heterocycles. The number of aromatic nitrogens is 1. The zero-order chi connectivity index (χ0) is 13.8. The Kier molecular flexibility index (Phi) is 3.62. The molecule has 0 fully saturated rings. The molecule has 20 heavy (non-hydrogen) atoms. The Hall–Kier alpha value is -2.38. The van der Waals surface area contributed by atoms with Gasteiger partial charge in [-0.2, -0.15) is 5.26 Å². The third-order valence-electron chi connectivity index (χ3n) is 3.56. The molecule has 0 radical (unpaired) electrons. The number of anilines is 1. The quantitative estimate of drug-likeness (QED) is 0.872. The Morgan fingerprint density at radius 3 is 3.10 bits per heavy atom. The number of hydrogen-bond acceptors (Lipinski definition) is 4. The van der Waals surface area contributed by atoms with E-state index in [9.17, 15) is 0 Å². The molecule has 3 rings (SSSR count). The Balaban J connectivity index is 1.71. The van der Waals surface area contributed by atoms with Crippen LogP contribution in [0.1, 0.15) is 16.7 Å². The zero-order valence-electron chi connectivity index (χ0n) is 11.1. The first-order valence-electron chi connectivity index (χ1n) is 6.74. The Bertz CT molecular complexity index is 631. The lowest BCUT2D eigenvalue weighted by Gasteiger charge is -2.15. The Morgan fingerprint density at radius 1 is 1.35 bits per heavy atom. The van der Waals surface area contributed by atoms with Gasteiger partial charge in [-0.25, -0.2) is 0 Å². The van der Waals surface area contributed by atoms with E-state index in [-0.39, 0.29) is 0 Å². The summed E-state index contributed by atoms with van der Waals surface area (Å²) >= 11 is 0. The highest BCUT2D eigenvalue weighted by molar-refractivity contribution is 5.55. The van der Waals surface area contributed by atoms with Crippen LogP contribution in [0.2, 0.25) is 0 Å². The lowest BCUT2D eigenvalue weighted by atomic mass is 10.1. The molecule has 0 saturated heterocycles. The summed E-state index contributed by atoms with van der Waals surface area (Å²) in [6.45, 7) is 1.65. The Morgan fingerprint density at radius 2 is 2.30 bits per heavy atom. The van der Waals surface area contributed by atoms with E-state index in [4.69, 9.17) is 5.26 Å². The second-order valence-corrected chi connectivity index (χ2v) is 5.01. The average molecular weight is 264 g/mol. The third kappa shape index (κ3) is 2.79. The number of pyridine rings is 1. The van der Waals surface area contributed by atoms with Crippen molar-refractivity contribution in [3.63, 3.8) is 0 Å². The van der Waals surface area contributed by atoms with Gasteiger partial charge < -0.3 is 10.6 Å². The first-order chi connectivity index (χ1) is 9.85. The molecule has 1 unspecified atom stereocenters. The van der Waals surface area contributed by atoms with Gasteiger partial charge in [0.2, 0.25) is 0 Å². The highest BCUT2D eigenvalue weighted by Crippen LogP contribution is 2.20. The molecule has 2 aromatic rings. The van der Waals surface area contributed by atoms with E-state index in [1.807, 2.05) is 30.5 Å². The molecule has 1 aliphatic heterocycles. The van der Waals surface area contributed by atoms with Crippen LogP contribution in [0.3, 0.4) is 0 Å². The van der Waals surface area contributed by atoms with Crippen molar-refractivity contribution in [1.82, 2.24) is 10.3 Å². The highest BCUT2D eigenvalue weighted by Gasteiger charge is 2.15. The van der Waals surface area contributed by atoms with Crippen LogP contribution >= 0.6 is 0 Å². The van der Waals surface area contributed by atoms with E-state index in [2.05, 4.69) is 27.8 Å². The van der Waals surface area contributed by atoms with Gasteiger partial charge in [-0.3, -0.25) is 4.98 Å². The second-order valence-electron chi connectivity index (χ2n) is 5.01. The highest BCUT2D eigenvalue weighted by atomic mass is 15.0. The van der Waals surface area contributed by atoms with Gasteiger partial charge in [-0.05, 0) is 41.8 Å². The van der Waals surface area contributed by atoms with Crippen molar-refractivity contribution in [2.75, 3.05) is 11.9 Å². The van der Waals surface area contributed by atoms with Gasteiger partial charge in [-0.1, -0.05) is 6.07 Å². The topological polar surface area (TPSA) is 60.7 Å². The molecule has 2 heterocycles. The molecule has 4 heteroatoms. The van der Waals surface area contributed by atoms with E-state index in [0.717, 1.165) is 30.8 Å². The molecule has 2 N–H and O–H groups in total. The molecule has 0 bridgehead atoms. The van der Waals surface area contributed by atoms with Crippen molar-refractivity contribution >= 4 is 5.69 Å². The fourth-order valence-electron chi connectivity index (χ4n) is 2.49. The largest absolute Gasteiger partial charge is 0.383 e. The number of nitrogens with zero attached hydrogens (tertiary/aromatic N) is 2. The van der Waals surface area contributed by atoms with Crippen molar-refractivity contribution in [3.05, 3.63) is 59.4 Å². The maximum atomic E-state index is 8.96. The van der Waals surface area contributed by atoms with Crippen LogP contribution in [0.5, 0.6) is 0 Å². The summed E-state index contributed by atoms with van der Waals surface area (Å²) in [5.41, 5.74) is 4.21. The van der Waals surface area contributed by atoms with E-state index in [0.29, 0.717) is 11.6 Å². The third-order valence-corrected chi connectivity index (χ3v) is 3.56. The summed E-state index contributed by atoms with van der Waals surface area (Å²) in [7, 11) is 0. The lowest BCUT2D eigenvalue weighted by Crippen LogP contribution is -2.34. The van der Waals surface area contributed by atoms with Crippen LogP contribution in [0.25, 0.3) is 0 Å². The van der Waals surface area contributed by atoms with Gasteiger partial charge in [0.05, 0.1) is 11.6 Å². The molecule has 100 valence electrons. The number of rotatable bonds is 2. The van der Waals surface area contributed by atoms with E-state index < -0.39 is 0 Å². The number of nitriles is 1. The van der Waals surface area contributed by atoms with Gasteiger partial charge >= 0.3 is 0 Å². The molecular weight excluding hydrogens is 248 g/mol. The van der Waals surface area contributed by atoms with E-state index >= 15 is 0 Å². The van der Waals surface area contributed by atoms with Gasteiger partial charge in [-0.15, -0.1) is 0 Å². The summed E-state index contributed by atoms with van der Waals surface area (Å²) in [6, 6.07) is 12.4. The van der Waals surface area contributed by atoms with Crippen molar-refractivity contribution in [1.29, 1.82) is 5.26 Å². The predicted molar refractivity (Wildman–Crippen MR) is 78.2 cm³/mol. The van der Waals surface area contributed by atoms with E-state index in [1.54, 1.807) is 6.20 Å². The summed E-state index contributed by atoms with van der Waals surface area (Å²) < 4.78 is 0. The first kappa shape index (κ1) is 12.6. The molecule has 1 aromatic carbocycles. The minimum Gasteiger partial charge on any atom is -0.383 e. The number of hydrogen-bond donors (Lipinski definition) is 2. The first-order valence-corrected chi connectivity index (χ1v) is 6.74. The summed E-state index contributed by atoms with van der Waals surface area (Å²) in [6.07, 6.45) is 4.65. The molecule has 0 spiro atoms. The van der Waals surface area contributed by atoms with Crippen LogP contribution in [0.4, 0.5) is 5.69 Å². The second kappa shape index (κ2) is 5.72. The molecule has 0 amide bonds. The predicted octanol–water partition coefficient (Wildman–Crippen LogP) is 2.08. The van der Waals surface area contributed by atoms with Gasteiger partial charge in [0.1, 0.15) is 0 Å². The Labute approximate surface area is 118 Å². The van der Waals surface area contributed by atoms with Crippen LogP contribution in [-0.4, -0.2) is 17.6 Å². The van der Waals surface area contributed by atoms with Gasteiger partial charge in [0, 0.05) is 37.2 Å². The normalized spacial score (nSPS) is 17.4. The fourth-order valence-corrected chi connectivity index (χ4v) is 2.49. The summed E-state index contributed by atoms with van der Waals surface area (Å²) in [5.74, 6) is 0. The smallest absolute Gasteiger partial charge is 0.0991 e. The van der Waals surface area contributed by atoms with Crippen molar-refractivity contribution in [2.45, 2.75) is 19.0 Å². The van der Waals surface area contributed by atoms with Gasteiger partial charge in [0.15, 0.2) is 0 Å². The van der Waals surface area contributed by atoms with Crippen molar-refractivity contribution in [2.24, 2.45) is 0 Å². The van der Waals surface area contributed by atoms with Crippen LogP contribution in [0, 0.1) is 11.3 Å². The molecular formula is C16H16N4. The van der Waals surface area contributed by atoms with E-state index in [1.165, 1.54) is 5.56 Å². The molecule has 4 nitrogen and oxygen atoms in total. The molecule has 0 aliphatic carbocycles. The van der Waals surface area contributed by atoms with Crippen LogP contribution < -0.4 is 10.6 Å². The number of benzene rings is 1. The molecule has 0 saturated carbocycles. The molecule has 1 atom stereocenters. The minimum atomic E-state index is 0.358. The number of nitrogens with one attached hydrogen (secondary N) is 2. The maximum Gasteiger partial charge on any atom is 0.0991 e. The number of fused-ring (bicyclic) bond motifs is 1. The minimum absolute atomic E-state index is 0.358. The van der Waals surface area contributed by atoms with Crippen LogP contribution in [0.15, 0.2) is 42.7 Å². The van der Waals surface area contributed by atoms with Gasteiger partial charge in [0.25, 0.3) is 0 Å². The standard InChI is InChI=1S/C16H16N4/c17-8-12-3-4-16-14(6-12)10-19-15(11-20-16)7-13-2-1-5-18-9-13/h1-6,9,15,19-20H,7,10-11H2. The average Bonchev–Trinajstić information content (AvgIpc) is 2.70. The fraction of sp³-hybridized carbons (Fsp3) is 0.250. The van der Waals surface area contributed by atoms with Crippen LogP contribution in [-0.2, 0) is 13.0 Å². The molecule has 1 aliphatic rings. The van der Waals surface area contributed by atoms with Crippen molar-refractivity contribution in [3.8, 4) is 6.07 Å². The maximum absolute atomic E-state index is 8.96. The summed E-state index contributed by atoms with van der Waals surface area (Å²) in [5, 5.41) is 16.0. The summed E-state index contributed by atoms with van der Waals surface area (Å²) in [4.78, 5) is 4.15. The lowest BCUT2D eigenvalue weighted by molar-refractivity contribution is 0.536. The van der Waals surface area contributed by atoms with Crippen molar-refractivity contribution < 1.29 is 0 Å².